The number of halogens is 1. The van der Waals surface area contributed by atoms with Gasteiger partial charge >= 0.3 is 0 Å². The molecule has 2 saturated carbocycles. The van der Waals surface area contributed by atoms with Crippen molar-refractivity contribution in [2.75, 3.05) is 0 Å². The van der Waals surface area contributed by atoms with E-state index in [1.165, 1.54) is 6.07 Å². The van der Waals surface area contributed by atoms with Gasteiger partial charge in [-0.25, -0.2) is 4.39 Å². The lowest BCUT2D eigenvalue weighted by atomic mass is 9.66. The van der Waals surface area contributed by atoms with Crippen LogP contribution in [0.4, 0.5) is 4.39 Å². The Balaban J connectivity index is 1.53. The second kappa shape index (κ2) is 7.25. The average molecular weight is 372 g/mol. The summed E-state index contributed by atoms with van der Waals surface area (Å²) in [5, 5.41) is 6.48. The summed E-state index contributed by atoms with van der Waals surface area (Å²) in [6, 6.07) is 6.66. The maximum atomic E-state index is 13.7. The van der Waals surface area contributed by atoms with E-state index >= 15 is 0 Å². The molecule has 146 valence electrons. The molecule has 1 aliphatic heterocycles. The fourth-order valence-corrected chi connectivity index (χ4v) is 5.28. The molecule has 3 aliphatic rings. The lowest BCUT2D eigenvalue weighted by molar-refractivity contribution is -0.138. The van der Waals surface area contributed by atoms with E-state index in [0.29, 0.717) is 19.3 Å². The van der Waals surface area contributed by atoms with Gasteiger partial charge in [-0.2, -0.15) is 0 Å². The minimum atomic E-state index is -0.460. The first-order chi connectivity index (χ1) is 13.0. The number of rotatable bonds is 4. The summed E-state index contributed by atoms with van der Waals surface area (Å²) in [5.41, 5.74) is 0.195. The molecule has 27 heavy (non-hydrogen) atoms. The molecule has 1 aromatic carbocycles. The van der Waals surface area contributed by atoms with Gasteiger partial charge in [0.05, 0.1) is 17.0 Å². The van der Waals surface area contributed by atoms with Gasteiger partial charge in [0.15, 0.2) is 0 Å². The molecule has 1 aromatic rings. The maximum absolute atomic E-state index is 13.7. The molecule has 0 radical (unpaired) electrons. The molecule has 1 spiro atoms. The Morgan fingerprint density at radius 2 is 1.93 bits per heavy atom. The van der Waals surface area contributed by atoms with E-state index in [1.807, 2.05) is 6.07 Å². The number of hydrogen-bond donors (Lipinski definition) is 2. The van der Waals surface area contributed by atoms with Crippen molar-refractivity contribution in [3.8, 4) is 0 Å². The van der Waals surface area contributed by atoms with Crippen LogP contribution in [0.3, 0.4) is 0 Å². The first-order valence-corrected chi connectivity index (χ1v) is 10.4. The predicted octanol–water partition coefficient (Wildman–Crippen LogP) is 3.64. The monoisotopic (exact) mass is 372 g/mol. The van der Waals surface area contributed by atoms with Crippen LogP contribution in [0.25, 0.3) is 0 Å². The Hall–Kier alpha value is -1.91. The van der Waals surface area contributed by atoms with Crippen molar-refractivity contribution in [2.45, 2.75) is 82.2 Å². The Morgan fingerprint density at radius 3 is 2.59 bits per heavy atom. The Labute approximate surface area is 160 Å². The highest BCUT2D eigenvalue weighted by Gasteiger charge is 2.50. The molecule has 0 unspecified atom stereocenters. The van der Waals surface area contributed by atoms with Crippen LogP contribution in [-0.4, -0.2) is 23.4 Å². The van der Waals surface area contributed by atoms with Gasteiger partial charge in [0, 0.05) is 6.42 Å². The van der Waals surface area contributed by atoms with Crippen molar-refractivity contribution in [3.63, 3.8) is 0 Å². The summed E-state index contributed by atoms with van der Waals surface area (Å²) in [7, 11) is 0. The molecule has 2 amide bonds. The minimum absolute atomic E-state index is 0.0164. The lowest BCUT2D eigenvalue weighted by Crippen LogP contribution is -2.69. The van der Waals surface area contributed by atoms with Crippen LogP contribution in [0, 0.1) is 11.2 Å². The summed E-state index contributed by atoms with van der Waals surface area (Å²) in [5.74, 6) is -0.0477. The number of amides is 2. The van der Waals surface area contributed by atoms with Gasteiger partial charge < -0.3 is 10.6 Å². The van der Waals surface area contributed by atoms with E-state index in [0.717, 1.165) is 56.9 Å². The van der Waals surface area contributed by atoms with Crippen molar-refractivity contribution >= 4 is 11.8 Å². The zero-order valence-corrected chi connectivity index (χ0v) is 15.9. The van der Waals surface area contributed by atoms with E-state index in [4.69, 9.17) is 0 Å². The molecule has 2 N–H and O–H groups in total. The number of piperidine rings is 1. The molecule has 3 fully saturated rings. The number of nitrogens with one attached hydrogen (secondary N) is 2. The molecule has 0 aromatic heterocycles. The van der Waals surface area contributed by atoms with Crippen LogP contribution in [-0.2, 0) is 16.0 Å². The molecule has 5 heteroatoms. The summed E-state index contributed by atoms with van der Waals surface area (Å²) in [6.07, 6.45) is 9.69. The third kappa shape index (κ3) is 3.61. The van der Waals surface area contributed by atoms with Crippen molar-refractivity contribution in [1.29, 1.82) is 0 Å². The second-order valence-electron chi connectivity index (χ2n) is 8.77. The normalized spacial score (nSPS) is 26.1. The van der Waals surface area contributed by atoms with Gasteiger partial charge in [-0.3, -0.25) is 9.59 Å². The first-order valence-electron chi connectivity index (χ1n) is 10.4. The van der Waals surface area contributed by atoms with Crippen molar-refractivity contribution < 1.29 is 14.0 Å². The molecular formula is C22H29FN2O2. The first kappa shape index (κ1) is 18.5. The standard InChI is InChI=1S/C22H29FN2O2/c23-17-7-4-6-16(14-17)15-21(10-2-1-3-11-21)20(27)24-18-8-9-19(26)25-22(18)12-5-13-22/h4,6-7,14,18H,1-3,5,8-13,15H2,(H,24,27)(H,25,26)/t18-/m0/s1. The fourth-order valence-electron chi connectivity index (χ4n) is 5.28. The van der Waals surface area contributed by atoms with Gasteiger partial charge in [-0.05, 0) is 62.6 Å². The van der Waals surface area contributed by atoms with Gasteiger partial charge in [-0.15, -0.1) is 0 Å². The average Bonchev–Trinajstić information content (AvgIpc) is 2.62. The highest BCUT2D eigenvalue weighted by molar-refractivity contribution is 5.84. The van der Waals surface area contributed by atoms with E-state index in [-0.39, 0.29) is 29.2 Å². The van der Waals surface area contributed by atoms with Crippen LogP contribution >= 0.6 is 0 Å². The molecule has 0 bridgehead atoms. The molecule has 2 aliphatic carbocycles. The highest BCUT2D eigenvalue weighted by Crippen LogP contribution is 2.42. The van der Waals surface area contributed by atoms with Crippen LogP contribution in [0.15, 0.2) is 24.3 Å². The van der Waals surface area contributed by atoms with Gasteiger partial charge in [0.25, 0.3) is 0 Å². The highest BCUT2D eigenvalue weighted by atomic mass is 19.1. The van der Waals surface area contributed by atoms with Crippen LogP contribution < -0.4 is 10.6 Å². The number of hydrogen-bond acceptors (Lipinski definition) is 2. The molecule has 4 rings (SSSR count). The number of carbonyl (C=O) groups is 2. The summed E-state index contributed by atoms with van der Waals surface area (Å²) in [4.78, 5) is 25.4. The smallest absolute Gasteiger partial charge is 0.226 e. The summed E-state index contributed by atoms with van der Waals surface area (Å²) >= 11 is 0. The topological polar surface area (TPSA) is 58.2 Å². The van der Waals surface area contributed by atoms with E-state index in [2.05, 4.69) is 10.6 Å². The summed E-state index contributed by atoms with van der Waals surface area (Å²) < 4.78 is 13.7. The van der Waals surface area contributed by atoms with Gasteiger partial charge in [0.1, 0.15) is 5.82 Å². The van der Waals surface area contributed by atoms with Gasteiger partial charge in [0.2, 0.25) is 11.8 Å². The largest absolute Gasteiger partial charge is 0.351 e. The molecule has 4 nitrogen and oxygen atoms in total. The minimum Gasteiger partial charge on any atom is -0.351 e. The van der Waals surface area contributed by atoms with Gasteiger partial charge in [-0.1, -0.05) is 31.4 Å². The third-order valence-corrected chi connectivity index (χ3v) is 6.99. The maximum Gasteiger partial charge on any atom is 0.226 e. The Morgan fingerprint density at radius 1 is 1.15 bits per heavy atom. The quantitative estimate of drug-likeness (QED) is 0.848. The van der Waals surface area contributed by atoms with Crippen molar-refractivity contribution in [2.24, 2.45) is 5.41 Å². The second-order valence-corrected chi connectivity index (χ2v) is 8.77. The molecule has 1 heterocycles. The Kier molecular flexibility index (Phi) is 4.95. The summed E-state index contributed by atoms with van der Waals surface area (Å²) in [6.45, 7) is 0. The van der Waals surface area contributed by atoms with Crippen LogP contribution in [0.5, 0.6) is 0 Å². The number of carbonyl (C=O) groups excluding carboxylic acids is 2. The fraction of sp³-hybridized carbons (Fsp3) is 0.636. The lowest BCUT2D eigenvalue weighted by Gasteiger charge is -2.52. The SMILES string of the molecule is O=C1CC[C@H](NC(=O)C2(Cc3cccc(F)c3)CCCCC2)C2(CCC2)N1. The molecule has 1 atom stereocenters. The van der Waals surface area contributed by atoms with Crippen molar-refractivity contribution in [3.05, 3.63) is 35.6 Å². The molecule has 1 saturated heterocycles. The molecular weight excluding hydrogens is 343 g/mol. The number of benzene rings is 1. The Bertz CT molecular complexity index is 723. The predicted molar refractivity (Wildman–Crippen MR) is 102 cm³/mol. The zero-order chi connectivity index (χ0) is 18.9. The van der Waals surface area contributed by atoms with Crippen LogP contribution in [0.2, 0.25) is 0 Å². The third-order valence-electron chi connectivity index (χ3n) is 6.99. The van der Waals surface area contributed by atoms with Crippen LogP contribution in [0.1, 0.15) is 69.8 Å². The van der Waals surface area contributed by atoms with E-state index in [1.54, 1.807) is 12.1 Å². The zero-order valence-electron chi connectivity index (χ0n) is 15.9. The van der Waals surface area contributed by atoms with E-state index < -0.39 is 5.41 Å². The van der Waals surface area contributed by atoms with Crippen molar-refractivity contribution in [1.82, 2.24) is 10.6 Å². The van der Waals surface area contributed by atoms with E-state index in [9.17, 15) is 14.0 Å².